The third-order valence-electron chi connectivity index (χ3n) is 4.81. The number of thioether (sulfide) groups is 1. The minimum Gasteiger partial charge on any atom is -0.481 e. The molecule has 3 rings (SSSR count). The summed E-state index contributed by atoms with van der Waals surface area (Å²) in [7, 11) is 0. The van der Waals surface area contributed by atoms with Gasteiger partial charge >= 0.3 is 5.97 Å². The molecule has 0 aliphatic carbocycles. The number of aliphatic carboxylic acids is 1. The van der Waals surface area contributed by atoms with E-state index in [-0.39, 0.29) is 35.9 Å². The maximum absolute atomic E-state index is 13.1. The van der Waals surface area contributed by atoms with Gasteiger partial charge in [0, 0.05) is 28.7 Å². The molecule has 2 amide bonds. The van der Waals surface area contributed by atoms with E-state index in [4.69, 9.17) is 5.11 Å². The first kappa shape index (κ1) is 20.9. The van der Waals surface area contributed by atoms with Crippen LogP contribution in [0.15, 0.2) is 53.4 Å². The quantitative estimate of drug-likeness (QED) is 0.673. The molecule has 0 spiro atoms. The molecule has 0 fully saturated rings. The van der Waals surface area contributed by atoms with Crippen molar-refractivity contribution >= 4 is 40.9 Å². The van der Waals surface area contributed by atoms with Crippen LogP contribution in [-0.2, 0) is 20.8 Å². The zero-order chi connectivity index (χ0) is 21.0. The number of amides is 2. The number of carbonyl (C=O) groups excluding carboxylic acids is 2. The van der Waals surface area contributed by atoms with Gasteiger partial charge in [0.1, 0.15) is 0 Å². The molecule has 6 nitrogen and oxygen atoms in total. The number of hydrogen-bond acceptors (Lipinski definition) is 4. The number of carbonyl (C=O) groups is 3. The van der Waals surface area contributed by atoms with Gasteiger partial charge in [-0.05, 0) is 56.2 Å². The van der Waals surface area contributed by atoms with Crippen LogP contribution in [0.4, 0.5) is 11.4 Å². The van der Waals surface area contributed by atoms with Gasteiger partial charge in [0.05, 0.1) is 11.7 Å². The molecule has 2 atom stereocenters. The molecule has 1 heterocycles. The summed E-state index contributed by atoms with van der Waals surface area (Å²) in [4.78, 5) is 38.1. The molecule has 1 aliphatic rings. The van der Waals surface area contributed by atoms with E-state index in [1.54, 1.807) is 12.1 Å². The topological polar surface area (TPSA) is 86.7 Å². The lowest BCUT2D eigenvalue weighted by atomic mass is 10.1. The highest BCUT2D eigenvalue weighted by molar-refractivity contribution is 8.00. The monoisotopic (exact) mass is 412 g/mol. The Kier molecular flexibility index (Phi) is 6.59. The molecular formula is C22H24N2O4S. The Morgan fingerprint density at radius 1 is 1.14 bits per heavy atom. The van der Waals surface area contributed by atoms with Crippen molar-refractivity contribution in [2.45, 2.75) is 49.3 Å². The summed E-state index contributed by atoms with van der Waals surface area (Å²) in [5.41, 5.74) is 2.80. The smallest absolute Gasteiger partial charge is 0.303 e. The van der Waals surface area contributed by atoms with E-state index in [9.17, 15) is 14.4 Å². The number of carboxylic acids is 1. The number of anilines is 2. The number of rotatable bonds is 7. The second kappa shape index (κ2) is 9.13. The summed E-state index contributed by atoms with van der Waals surface area (Å²) in [5, 5.41) is 11.1. The van der Waals surface area contributed by atoms with Crippen molar-refractivity contribution < 1.29 is 19.5 Å². The molecule has 7 heteroatoms. The van der Waals surface area contributed by atoms with Crippen molar-refractivity contribution in [1.29, 1.82) is 0 Å². The molecular weight excluding hydrogens is 388 g/mol. The minimum absolute atomic E-state index is 0.0626. The number of carboxylic acid groups (broad SMARTS) is 1. The summed E-state index contributed by atoms with van der Waals surface area (Å²) >= 11 is 1.48. The molecule has 0 bridgehead atoms. The minimum atomic E-state index is -1.000. The van der Waals surface area contributed by atoms with Gasteiger partial charge in [-0.3, -0.25) is 14.4 Å². The SMILES string of the molecule is C[C@H](Sc1ccc(NC(=O)CCC(=O)O)cc1)C(=O)N1c2ccccc2C[C@H]1C. The lowest BCUT2D eigenvalue weighted by Gasteiger charge is -2.26. The summed E-state index contributed by atoms with van der Waals surface area (Å²) < 4.78 is 0. The predicted octanol–water partition coefficient (Wildman–Crippen LogP) is 3.95. The van der Waals surface area contributed by atoms with E-state index in [1.165, 1.54) is 17.3 Å². The van der Waals surface area contributed by atoms with Crippen molar-refractivity contribution in [3.8, 4) is 0 Å². The number of benzene rings is 2. The number of fused-ring (bicyclic) bond motifs is 1. The molecule has 2 N–H and O–H groups in total. The summed E-state index contributed by atoms with van der Waals surface area (Å²) in [6.45, 7) is 3.97. The van der Waals surface area contributed by atoms with Gasteiger partial charge in [0.15, 0.2) is 0 Å². The van der Waals surface area contributed by atoms with Crippen LogP contribution < -0.4 is 10.2 Å². The fourth-order valence-corrected chi connectivity index (χ4v) is 4.33. The van der Waals surface area contributed by atoms with E-state index in [1.807, 2.05) is 42.2 Å². The van der Waals surface area contributed by atoms with Crippen molar-refractivity contribution in [3.63, 3.8) is 0 Å². The highest BCUT2D eigenvalue weighted by Gasteiger charge is 2.33. The molecule has 152 valence electrons. The van der Waals surface area contributed by atoms with Crippen molar-refractivity contribution in [1.82, 2.24) is 0 Å². The van der Waals surface area contributed by atoms with Crippen LogP contribution in [0.25, 0.3) is 0 Å². The Labute approximate surface area is 174 Å². The first-order valence-corrected chi connectivity index (χ1v) is 10.4. The highest BCUT2D eigenvalue weighted by atomic mass is 32.2. The normalized spacial score (nSPS) is 16.2. The van der Waals surface area contributed by atoms with Crippen molar-refractivity contribution in [2.75, 3.05) is 10.2 Å². The van der Waals surface area contributed by atoms with Crippen LogP contribution in [-0.4, -0.2) is 34.2 Å². The number of hydrogen-bond donors (Lipinski definition) is 2. The average molecular weight is 413 g/mol. The van der Waals surface area contributed by atoms with Crippen LogP contribution >= 0.6 is 11.8 Å². The largest absolute Gasteiger partial charge is 0.481 e. The fourth-order valence-electron chi connectivity index (χ4n) is 3.41. The molecule has 2 aromatic carbocycles. The number of nitrogens with zero attached hydrogens (tertiary/aromatic N) is 1. The summed E-state index contributed by atoms with van der Waals surface area (Å²) in [5.74, 6) is -1.25. The Morgan fingerprint density at radius 2 is 1.83 bits per heavy atom. The summed E-state index contributed by atoms with van der Waals surface area (Å²) in [6, 6.07) is 15.4. The van der Waals surface area contributed by atoms with Gasteiger partial charge in [-0.15, -0.1) is 11.8 Å². The first-order chi connectivity index (χ1) is 13.8. The van der Waals surface area contributed by atoms with Gasteiger partial charge in [-0.1, -0.05) is 18.2 Å². The lowest BCUT2D eigenvalue weighted by molar-refractivity contribution is -0.138. The van der Waals surface area contributed by atoms with Crippen LogP contribution in [0.5, 0.6) is 0 Å². The zero-order valence-electron chi connectivity index (χ0n) is 16.4. The maximum atomic E-state index is 13.1. The van der Waals surface area contributed by atoms with E-state index in [2.05, 4.69) is 18.3 Å². The number of para-hydroxylation sites is 1. The third-order valence-corrected chi connectivity index (χ3v) is 5.91. The standard InChI is InChI=1S/C22H24N2O4S/c1-14-13-16-5-3-4-6-19(16)24(14)22(28)15(2)29-18-9-7-17(8-10-18)23-20(25)11-12-21(26)27/h3-10,14-15H,11-13H2,1-2H3,(H,23,25)(H,26,27)/t14-,15+/m1/s1. The Balaban J connectivity index is 1.59. The van der Waals surface area contributed by atoms with E-state index >= 15 is 0 Å². The molecule has 0 saturated heterocycles. The molecule has 0 aromatic heterocycles. The Morgan fingerprint density at radius 3 is 2.52 bits per heavy atom. The molecule has 0 unspecified atom stereocenters. The average Bonchev–Trinajstić information content (AvgIpc) is 3.03. The van der Waals surface area contributed by atoms with E-state index < -0.39 is 5.97 Å². The Bertz CT molecular complexity index is 913. The van der Waals surface area contributed by atoms with Crippen LogP contribution in [0.1, 0.15) is 32.3 Å². The van der Waals surface area contributed by atoms with E-state index in [0.29, 0.717) is 5.69 Å². The molecule has 1 aliphatic heterocycles. The zero-order valence-corrected chi connectivity index (χ0v) is 17.2. The fraction of sp³-hybridized carbons (Fsp3) is 0.318. The van der Waals surface area contributed by atoms with Crippen molar-refractivity contribution in [2.24, 2.45) is 0 Å². The molecule has 2 aromatic rings. The molecule has 0 radical (unpaired) electrons. The second-order valence-corrected chi connectivity index (χ2v) is 8.53. The first-order valence-electron chi connectivity index (χ1n) is 9.54. The van der Waals surface area contributed by atoms with Gasteiger partial charge < -0.3 is 15.3 Å². The van der Waals surface area contributed by atoms with Crippen LogP contribution in [0.3, 0.4) is 0 Å². The van der Waals surface area contributed by atoms with Gasteiger partial charge in [-0.2, -0.15) is 0 Å². The van der Waals surface area contributed by atoms with Crippen LogP contribution in [0.2, 0.25) is 0 Å². The highest BCUT2D eigenvalue weighted by Crippen LogP contribution is 2.35. The van der Waals surface area contributed by atoms with Crippen LogP contribution in [0, 0.1) is 0 Å². The van der Waals surface area contributed by atoms with Crippen molar-refractivity contribution in [3.05, 3.63) is 54.1 Å². The van der Waals surface area contributed by atoms with Gasteiger partial charge in [0.25, 0.3) is 0 Å². The lowest BCUT2D eigenvalue weighted by Crippen LogP contribution is -2.40. The Hall–Kier alpha value is -2.80. The number of nitrogens with one attached hydrogen (secondary N) is 1. The second-order valence-electron chi connectivity index (χ2n) is 7.12. The third kappa shape index (κ3) is 5.17. The maximum Gasteiger partial charge on any atom is 0.303 e. The van der Waals surface area contributed by atoms with Gasteiger partial charge in [-0.25, -0.2) is 0 Å². The summed E-state index contributed by atoms with van der Waals surface area (Å²) in [6.07, 6.45) is 0.611. The van der Waals surface area contributed by atoms with E-state index in [0.717, 1.165) is 17.0 Å². The predicted molar refractivity (Wildman–Crippen MR) is 114 cm³/mol. The molecule has 0 saturated carbocycles. The molecule has 29 heavy (non-hydrogen) atoms. The van der Waals surface area contributed by atoms with Gasteiger partial charge in [0.2, 0.25) is 11.8 Å².